The van der Waals surface area contributed by atoms with E-state index in [1.54, 1.807) is 0 Å². The van der Waals surface area contributed by atoms with E-state index in [4.69, 9.17) is 0 Å². The molecule has 0 bridgehead atoms. The largest absolute Gasteiger partial charge is 0.309 e. The van der Waals surface area contributed by atoms with Crippen molar-refractivity contribution >= 4 is 90.5 Å². The van der Waals surface area contributed by atoms with Gasteiger partial charge >= 0.3 is 0 Å². The highest BCUT2D eigenvalue weighted by molar-refractivity contribution is 7.30. The average Bonchev–Trinajstić information content (AvgIpc) is 3.95. The number of aromatic nitrogens is 1. The molecule has 0 radical (unpaired) electrons. The molecule has 0 fully saturated rings. The summed E-state index contributed by atoms with van der Waals surface area (Å²) in [5.74, 6) is 0.429. The van der Waals surface area contributed by atoms with Crippen molar-refractivity contribution in [3.63, 3.8) is 0 Å². The minimum atomic E-state index is -0.346. The number of benzene rings is 7. The zero-order valence-electron chi connectivity index (χ0n) is 28.2. The SMILES string of the molecule is C1=CC2c3ccccc3C(c3ccccc3)(c3ccccc3)C2C=C1n1c2ccccc2c2c3sc4ccccc4c3c3sc4ccccc4c3c21. The first-order chi connectivity index (χ1) is 25.8. The van der Waals surface area contributed by atoms with Crippen LogP contribution in [0.5, 0.6) is 0 Å². The van der Waals surface area contributed by atoms with E-state index in [0.29, 0.717) is 0 Å². The van der Waals surface area contributed by atoms with E-state index in [0.717, 1.165) is 0 Å². The Kier molecular flexibility index (Phi) is 5.92. The number of allylic oxidation sites excluding steroid dienone is 4. The molecule has 3 heteroatoms. The summed E-state index contributed by atoms with van der Waals surface area (Å²) in [6.07, 6.45) is 7.56. The molecule has 3 aromatic heterocycles. The molecule has 2 atom stereocenters. The molecule has 0 amide bonds. The number of nitrogens with zero attached hydrogens (tertiary/aromatic N) is 1. The van der Waals surface area contributed by atoms with Crippen molar-refractivity contribution in [2.24, 2.45) is 5.92 Å². The van der Waals surface area contributed by atoms with Gasteiger partial charge in [0.25, 0.3) is 0 Å². The standard InChI is InChI=1S/C49H31NS2/c1-3-15-30(16-4-1)49(31-17-5-2-6-18-31)38-23-11-7-19-33(38)34-28-27-32(29-39(34)49)50-40-24-12-8-20-35(40)43-46(50)44-36-21-9-13-25-41(36)51-48(44)45-37-22-10-14-26-42(37)52-47(43)45/h1-29,34,39H. The average molecular weight is 698 g/mol. The zero-order chi connectivity index (χ0) is 34.0. The van der Waals surface area contributed by atoms with Gasteiger partial charge in [-0.2, -0.15) is 0 Å². The first kappa shape index (κ1) is 28.9. The van der Waals surface area contributed by atoms with Gasteiger partial charge in [-0.25, -0.2) is 0 Å². The lowest BCUT2D eigenvalue weighted by atomic mass is 9.63. The molecule has 2 aliphatic rings. The molecular weight excluding hydrogens is 667 g/mol. The predicted molar refractivity (Wildman–Crippen MR) is 224 cm³/mol. The van der Waals surface area contributed by atoms with Gasteiger partial charge in [-0.3, -0.25) is 0 Å². The molecule has 7 aromatic carbocycles. The third-order valence-corrected chi connectivity index (χ3v) is 14.3. The fourth-order valence-corrected chi connectivity index (χ4v) is 12.6. The fourth-order valence-electron chi connectivity index (χ4n) is 9.97. The normalized spacial score (nSPS) is 17.8. The van der Waals surface area contributed by atoms with Crippen LogP contribution in [0.25, 0.3) is 67.8 Å². The molecule has 10 aromatic rings. The minimum Gasteiger partial charge on any atom is -0.309 e. The van der Waals surface area contributed by atoms with Crippen LogP contribution in [-0.4, -0.2) is 4.57 Å². The summed E-state index contributed by atoms with van der Waals surface area (Å²) in [5.41, 5.74) is 8.99. The lowest BCUT2D eigenvalue weighted by molar-refractivity contribution is 0.457. The van der Waals surface area contributed by atoms with Gasteiger partial charge in [-0.05, 0) is 46.5 Å². The summed E-state index contributed by atoms with van der Waals surface area (Å²) in [4.78, 5) is 0. The highest BCUT2D eigenvalue weighted by atomic mass is 32.1. The maximum Gasteiger partial charge on any atom is 0.0648 e. The number of para-hydroxylation sites is 1. The van der Waals surface area contributed by atoms with Gasteiger partial charge in [0.2, 0.25) is 0 Å². The van der Waals surface area contributed by atoms with Crippen LogP contribution >= 0.6 is 22.7 Å². The van der Waals surface area contributed by atoms with Gasteiger partial charge in [0, 0.05) is 68.6 Å². The Morgan fingerprint density at radius 1 is 0.500 bits per heavy atom. The molecule has 0 aliphatic heterocycles. The van der Waals surface area contributed by atoms with Crippen LogP contribution in [-0.2, 0) is 5.41 Å². The Morgan fingerprint density at radius 2 is 1.04 bits per heavy atom. The van der Waals surface area contributed by atoms with E-state index in [2.05, 4.69) is 181 Å². The van der Waals surface area contributed by atoms with Crippen molar-refractivity contribution in [1.82, 2.24) is 4.57 Å². The quantitative estimate of drug-likeness (QED) is 0.173. The first-order valence-corrected chi connectivity index (χ1v) is 19.7. The van der Waals surface area contributed by atoms with Crippen molar-refractivity contribution in [2.45, 2.75) is 11.3 Å². The number of hydrogen-bond donors (Lipinski definition) is 0. The highest BCUT2D eigenvalue weighted by Crippen LogP contribution is 2.61. The topological polar surface area (TPSA) is 4.93 Å². The van der Waals surface area contributed by atoms with E-state index in [1.807, 2.05) is 22.7 Å². The maximum atomic E-state index is 2.63. The van der Waals surface area contributed by atoms with E-state index in [-0.39, 0.29) is 17.3 Å². The van der Waals surface area contributed by atoms with Crippen LogP contribution in [0.1, 0.15) is 28.2 Å². The van der Waals surface area contributed by atoms with E-state index in [1.165, 1.54) is 90.1 Å². The van der Waals surface area contributed by atoms with Crippen molar-refractivity contribution < 1.29 is 0 Å². The lowest BCUT2D eigenvalue weighted by Gasteiger charge is -2.39. The molecule has 0 saturated heterocycles. The molecule has 12 rings (SSSR count). The van der Waals surface area contributed by atoms with Crippen LogP contribution in [0, 0.1) is 5.92 Å². The minimum absolute atomic E-state index is 0.175. The van der Waals surface area contributed by atoms with Crippen LogP contribution in [0.2, 0.25) is 0 Å². The predicted octanol–water partition coefficient (Wildman–Crippen LogP) is 13.7. The Bertz CT molecular complexity index is 3070. The summed E-state index contributed by atoms with van der Waals surface area (Å²) >= 11 is 3.90. The molecule has 1 nitrogen and oxygen atoms in total. The molecule has 2 aliphatic carbocycles. The lowest BCUT2D eigenvalue weighted by Crippen LogP contribution is -2.35. The summed E-state index contributed by atoms with van der Waals surface area (Å²) in [5, 5.41) is 8.14. The third kappa shape index (κ3) is 3.62. The monoisotopic (exact) mass is 697 g/mol. The molecular formula is C49H31NS2. The Labute approximate surface area is 309 Å². The maximum absolute atomic E-state index is 2.63. The summed E-state index contributed by atoms with van der Waals surface area (Å²) in [7, 11) is 0. The number of hydrogen-bond acceptors (Lipinski definition) is 2. The first-order valence-electron chi connectivity index (χ1n) is 18.1. The highest BCUT2D eigenvalue weighted by Gasteiger charge is 2.53. The Morgan fingerprint density at radius 3 is 1.73 bits per heavy atom. The molecule has 52 heavy (non-hydrogen) atoms. The third-order valence-electron chi connectivity index (χ3n) is 11.9. The molecule has 0 N–H and O–H groups in total. The van der Waals surface area contributed by atoms with E-state index >= 15 is 0 Å². The zero-order valence-corrected chi connectivity index (χ0v) is 29.8. The van der Waals surface area contributed by atoms with Gasteiger partial charge in [-0.1, -0.05) is 152 Å². The van der Waals surface area contributed by atoms with Crippen LogP contribution in [0.3, 0.4) is 0 Å². The second kappa shape index (κ2) is 10.6. The molecule has 3 heterocycles. The van der Waals surface area contributed by atoms with Crippen LogP contribution in [0.15, 0.2) is 176 Å². The van der Waals surface area contributed by atoms with Crippen molar-refractivity contribution in [1.29, 1.82) is 0 Å². The Hall–Kier alpha value is -5.74. The van der Waals surface area contributed by atoms with Crippen LogP contribution in [0.4, 0.5) is 0 Å². The number of thiophene rings is 2. The van der Waals surface area contributed by atoms with Gasteiger partial charge in [0.15, 0.2) is 0 Å². The molecule has 244 valence electrons. The second-order valence-electron chi connectivity index (χ2n) is 14.3. The summed E-state index contributed by atoms with van der Waals surface area (Å²) in [6, 6.07) is 58.8. The van der Waals surface area contributed by atoms with Gasteiger partial charge in [0.05, 0.1) is 16.4 Å². The van der Waals surface area contributed by atoms with E-state index < -0.39 is 0 Å². The fraction of sp³-hybridized carbons (Fsp3) is 0.0612. The summed E-state index contributed by atoms with van der Waals surface area (Å²) < 4.78 is 8.08. The van der Waals surface area contributed by atoms with Gasteiger partial charge in [-0.15, -0.1) is 22.7 Å². The summed E-state index contributed by atoms with van der Waals surface area (Å²) in [6.45, 7) is 0. The Balaban J connectivity index is 1.24. The molecule has 2 unspecified atom stereocenters. The number of rotatable bonds is 3. The van der Waals surface area contributed by atoms with Crippen molar-refractivity contribution in [2.75, 3.05) is 0 Å². The van der Waals surface area contributed by atoms with Crippen LogP contribution < -0.4 is 0 Å². The number of fused-ring (bicyclic) bond motifs is 15. The van der Waals surface area contributed by atoms with Gasteiger partial charge < -0.3 is 4.57 Å². The van der Waals surface area contributed by atoms with Gasteiger partial charge in [0.1, 0.15) is 0 Å². The molecule has 0 saturated carbocycles. The van der Waals surface area contributed by atoms with Crippen molar-refractivity contribution in [3.05, 3.63) is 198 Å². The van der Waals surface area contributed by atoms with Crippen molar-refractivity contribution in [3.8, 4) is 0 Å². The smallest absolute Gasteiger partial charge is 0.0648 e. The second-order valence-corrected chi connectivity index (χ2v) is 16.4. The van der Waals surface area contributed by atoms with E-state index in [9.17, 15) is 0 Å². The molecule has 0 spiro atoms.